The number of aliphatic imine (C=N–C) groups is 1. The van der Waals surface area contributed by atoms with Crippen LogP contribution in [0.25, 0.3) is 0 Å². The Labute approximate surface area is 181 Å². The molecule has 168 valence electrons. The first kappa shape index (κ1) is 22.7. The molecule has 2 atom stereocenters. The summed E-state index contributed by atoms with van der Waals surface area (Å²) in [6, 6.07) is 8.13. The van der Waals surface area contributed by atoms with Crippen molar-refractivity contribution in [1.82, 2.24) is 15.5 Å². The predicted octanol–water partition coefficient (Wildman–Crippen LogP) is 2.52. The summed E-state index contributed by atoms with van der Waals surface area (Å²) in [5.74, 6) is 3.26. The van der Waals surface area contributed by atoms with E-state index in [1.165, 1.54) is 13.0 Å². The molecule has 2 heterocycles. The molecule has 30 heavy (non-hydrogen) atoms. The maximum atomic E-state index is 5.97. The molecule has 2 aliphatic heterocycles. The van der Waals surface area contributed by atoms with Gasteiger partial charge < -0.3 is 29.7 Å². The second kappa shape index (κ2) is 12.0. The molecule has 1 aromatic rings. The molecule has 2 N–H and O–H groups in total. The van der Waals surface area contributed by atoms with Crippen molar-refractivity contribution in [1.29, 1.82) is 0 Å². The quantitative estimate of drug-likeness (QED) is 0.475. The Kier molecular flexibility index (Phi) is 9.08. The maximum Gasteiger partial charge on any atom is 0.191 e. The maximum absolute atomic E-state index is 5.97. The van der Waals surface area contributed by atoms with Crippen LogP contribution in [-0.2, 0) is 4.74 Å². The second-order valence-corrected chi connectivity index (χ2v) is 8.27. The van der Waals surface area contributed by atoms with Gasteiger partial charge in [-0.25, -0.2) is 4.99 Å². The zero-order chi connectivity index (χ0) is 21.2. The minimum atomic E-state index is -0.00988. The van der Waals surface area contributed by atoms with Gasteiger partial charge in [-0.2, -0.15) is 0 Å². The van der Waals surface area contributed by atoms with Gasteiger partial charge in [-0.1, -0.05) is 0 Å². The molecule has 0 saturated carbocycles. The minimum Gasteiger partial charge on any atom is -0.497 e. The van der Waals surface area contributed by atoms with E-state index in [9.17, 15) is 0 Å². The number of hydrogen-bond acceptors (Lipinski definition) is 5. The lowest BCUT2D eigenvalue weighted by atomic mass is 10.0. The lowest BCUT2D eigenvalue weighted by molar-refractivity contribution is 0.150. The van der Waals surface area contributed by atoms with Crippen molar-refractivity contribution in [2.24, 2.45) is 10.9 Å². The highest BCUT2D eigenvalue weighted by atomic mass is 16.5. The summed E-state index contributed by atoms with van der Waals surface area (Å²) in [4.78, 5) is 7.34. The van der Waals surface area contributed by atoms with Gasteiger partial charge in [-0.15, -0.1) is 0 Å². The molecule has 2 fully saturated rings. The van der Waals surface area contributed by atoms with Crippen LogP contribution >= 0.6 is 0 Å². The molecule has 7 heteroatoms. The number of methoxy groups -OCH3 is 1. The van der Waals surface area contributed by atoms with E-state index >= 15 is 0 Å². The van der Waals surface area contributed by atoms with Gasteiger partial charge in [0.1, 0.15) is 17.6 Å². The summed E-state index contributed by atoms with van der Waals surface area (Å²) in [6.45, 7) is 10.9. The Hall–Kier alpha value is -1.99. The fraction of sp³-hybridized carbons (Fsp3) is 0.696. The van der Waals surface area contributed by atoms with Crippen molar-refractivity contribution < 1.29 is 14.2 Å². The number of nitrogens with one attached hydrogen (secondary N) is 2. The lowest BCUT2D eigenvalue weighted by Crippen LogP contribution is -2.49. The second-order valence-electron chi connectivity index (χ2n) is 8.27. The fourth-order valence-electron chi connectivity index (χ4n) is 4.01. The topological polar surface area (TPSA) is 67.4 Å². The molecule has 0 radical (unpaired) electrons. The minimum absolute atomic E-state index is 0.00988. The van der Waals surface area contributed by atoms with Crippen molar-refractivity contribution >= 4 is 5.96 Å². The average molecular weight is 419 g/mol. The SMILES string of the molecule is CCNC(=NCC(C)Oc1ccc(OC)cc1)NC1CCN(CC2CCOC2)CC1. The fourth-order valence-corrected chi connectivity index (χ4v) is 4.01. The summed E-state index contributed by atoms with van der Waals surface area (Å²) in [7, 11) is 1.66. The number of piperidine rings is 1. The van der Waals surface area contributed by atoms with Crippen LogP contribution in [0.4, 0.5) is 0 Å². The third-order valence-corrected chi connectivity index (χ3v) is 5.72. The number of rotatable bonds is 9. The van der Waals surface area contributed by atoms with Crippen molar-refractivity contribution in [2.45, 2.75) is 45.3 Å². The Bertz CT molecular complexity index is 638. The molecule has 0 aromatic heterocycles. The van der Waals surface area contributed by atoms with E-state index in [1.54, 1.807) is 7.11 Å². The first-order valence-electron chi connectivity index (χ1n) is 11.3. The molecule has 3 rings (SSSR count). The normalized spacial score (nSPS) is 22.0. The molecule has 2 saturated heterocycles. The van der Waals surface area contributed by atoms with Gasteiger partial charge in [0, 0.05) is 38.8 Å². The monoisotopic (exact) mass is 418 g/mol. The first-order valence-corrected chi connectivity index (χ1v) is 11.3. The third kappa shape index (κ3) is 7.36. The zero-order valence-electron chi connectivity index (χ0n) is 18.7. The van der Waals surface area contributed by atoms with Crippen molar-refractivity contribution in [3.63, 3.8) is 0 Å². The van der Waals surface area contributed by atoms with Crippen LogP contribution in [0.15, 0.2) is 29.3 Å². The first-order chi connectivity index (χ1) is 14.7. The highest BCUT2D eigenvalue weighted by molar-refractivity contribution is 5.80. The van der Waals surface area contributed by atoms with Crippen LogP contribution in [0.5, 0.6) is 11.5 Å². The zero-order valence-corrected chi connectivity index (χ0v) is 18.7. The molecule has 0 amide bonds. The van der Waals surface area contributed by atoms with Crippen LogP contribution in [-0.4, -0.2) is 76.1 Å². The van der Waals surface area contributed by atoms with Gasteiger partial charge >= 0.3 is 0 Å². The lowest BCUT2D eigenvalue weighted by Gasteiger charge is -2.34. The standard InChI is InChI=1S/C23H38N4O3/c1-4-24-23(25-15-18(2)30-22-7-5-21(28-3)6-8-22)26-20-9-12-27(13-10-20)16-19-11-14-29-17-19/h5-8,18-20H,4,9-17H2,1-3H3,(H2,24,25,26). The number of nitrogens with zero attached hydrogens (tertiary/aromatic N) is 2. The van der Waals surface area contributed by atoms with Crippen molar-refractivity contribution in [3.05, 3.63) is 24.3 Å². The Morgan fingerprint density at radius 1 is 1.20 bits per heavy atom. The molecule has 0 aliphatic carbocycles. The molecule has 7 nitrogen and oxygen atoms in total. The summed E-state index contributed by atoms with van der Waals surface area (Å²) in [5.41, 5.74) is 0. The van der Waals surface area contributed by atoms with Gasteiger partial charge in [0.2, 0.25) is 0 Å². The Balaban J connectivity index is 1.42. The average Bonchev–Trinajstić information content (AvgIpc) is 3.27. The van der Waals surface area contributed by atoms with E-state index in [2.05, 4.69) is 22.5 Å². The Morgan fingerprint density at radius 2 is 1.93 bits per heavy atom. The van der Waals surface area contributed by atoms with Gasteiger partial charge in [0.25, 0.3) is 0 Å². The summed E-state index contributed by atoms with van der Waals surface area (Å²) in [6.07, 6.45) is 3.50. The number of benzene rings is 1. The summed E-state index contributed by atoms with van der Waals surface area (Å²) < 4.78 is 16.7. The summed E-state index contributed by atoms with van der Waals surface area (Å²) in [5, 5.41) is 6.99. The van der Waals surface area contributed by atoms with Crippen molar-refractivity contribution in [3.8, 4) is 11.5 Å². The van der Waals surface area contributed by atoms with E-state index in [-0.39, 0.29) is 6.10 Å². The third-order valence-electron chi connectivity index (χ3n) is 5.72. The van der Waals surface area contributed by atoms with E-state index in [0.717, 1.165) is 69.1 Å². The van der Waals surface area contributed by atoms with Crippen LogP contribution < -0.4 is 20.1 Å². The molecule has 2 aliphatic rings. The van der Waals surface area contributed by atoms with E-state index in [4.69, 9.17) is 19.2 Å². The van der Waals surface area contributed by atoms with Crippen LogP contribution in [0.1, 0.15) is 33.1 Å². The number of ether oxygens (including phenoxy) is 3. The van der Waals surface area contributed by atoms with Gasteiger partial charge in [-0.3, -0.25) is 0 Å². The smallest absolute Gasteiger partial charge is 0.191 e. The largest absolute Gasteiger partial charge is 0.497 e. The van der Waals surface area contributed by atoms with Crippen LogP contribution in [0.2, 0.25) is 0 Å². The number of likely N-dealkylation sites (tertiary alicyclic amines) is 1. The molecule has 2 unspecified atom stereocenters. The van der Waals surface area contributed by atoms with Gasteiger partial charge in [0.15, 0.2) is 5.96 Å². The highest BCUT2D eigenvalue weighted by Gasteiger charge is 2.24. The van der Waals surface area contributed by atoms with E-state index in [1.807, 2.05) is 31.2 Å². The molecular formula is C23H38N4O3. The van der Waals surface area contributed by atoms with Crippen LogP contribution in [0.3, 0.4) is 0 Å². The molecular weight excluding hydrogens is 380 g/mol. The van der Waals surface area contributed by atoms with Gasteiger partial charge in [0.05, 0.1) is 20.3 Å². The number of hydrogen-bond donors (Lipinski definition) is 2. The highest BCUT2D eigenvalue weighted by Crippen LogP contribution is 2.19. The van der Waals surface area contributed by atoms with Crippen molar-refractivity contribution in [2.75, 3.05) is 53.0 Å². The van der Waals surface area contributed by atoms with E-state index < -0.39 is 0 Å². The Morgan fingerprint density at radius 3 is 2.57 bits per heavy atom. The number of guanidine groups is 1. The molecule has 0 bridgehead atoms. The summed E-state index contributed by atoms with van der Waals surface area (Å²) >= 11 is 0. The molecule has 1 aromatic carbocycles. The van der Waals surface area contributed by atoms with Crippen LogP contribution in [0, 0.1) is 5.92 Å². The molecule has 0 spiro atoms. The predicted molar refractivity (Wildman–Crippen MR) is 121 cm³/mol. The van der Waals surface area contributed by atoms with Gasteiger partial charge in [-0.05, 0) is 63.3 Å². The van der Waals surface area contributed by atoms with E-state index in [0.29, 0.717) is 12.6 Å².